The number of anilines is 1. The van der Waals surface area contributed by atoms with Gasteiger partial charge < -0.3 is 10.6 Å². The first-order valence-electron chi connectivity index (χ1n) is 4.97. The molecular weight excluding hydrogens is 190 g/mol. The predicted molar refractivity (Wildman–Crippen MR) is 57.6 cm³/mol. The lowest BCUT2D eigenvalue weighted by Gasteiger charge is -2.28. The molecule has 3 heterocycles. The topological polar surface area (TPSA) is 62.7 Å². The van der Waals surface area contributed by atoms with Gasteiger partial charge >= 0.3 is 0 Å². The number of nitrogens with one attached hydrogen (secondary N) is 2. The van der Waals surface area contributed by atoms with Crippen molar-refractivity contribution >= 4 is 17.0 Å². The van der Waals surface area contributed by atoms with Crippen LogP contribution in [0, 0.1) is 0 Å². The van der Waals surface area contributed by atoms with E-state index in [2.05, 4.69) is 25.6 Å². The van der Waals surface area contributed by atoms with Gasteiger partial charge in [0.25, 0.3) is 0 Å². The van der Waals surface area contributed by atoms with Crippen LogP contribution in [0.3, 0.4) is 0 Å². The van der Waals surface area contributed by atoms with E-state index in [-0.39, 0.29) is 0 Å². The molecule has 76 valence electrons. The Morgan fingerprint density at radius 2 is 2.07 bits per heavy atom. The first-order valence-corrected chi connectivity index (χ1v) is 4.97. The molecule has 3 rings (SSSR count). The number of nitrogens with zero attached hydrogens (tertiary/aromatic N) is 3. The minimum absolute atomic E-state index is 0.492. The van der Waals surface area contributed by atoms with Gasteiger partial charge in [0.2, 0.25) is 0 Å². The van der Waals surface area contributed by atoms with Crippen LogP contribution in [0.4, 0.5) is 5.82 Å². The van der Waals surface area contributed by atoms with E-state index < -0.39 is 0 Å². The van der Waals surface area contributed by atoms with Gasteiger partial charge in [0.1, 0.15) is 11.3 Å². The average molecular weight is 201 g/mol. The molecule has 0 atom stereocenters. The van der Waals surface area contributed by atoms with Gasteiger partial charge in [-0.25, -0.2) is 9.97 Å². The van der Waals surface area contributed by atoms with Crippen LogP contribution >= 0.6 is 0 Å². The van der Waals surface area contributed by atoms with E-state index in [9.17, 15) is 0 Å². The molecule has 5 heteroatoms. The van der Waals surface area contributed by atoms with Crippen molar-refractivity contribution in [3.05, 3.63) is 24.5 Å². The molecule has 1 aliphatic rings. The van der Waals surface area contributed by atoms with Crippen molar-refractivity contribution in [2.45, 2.75) is 6.04 Å². The quantitative estimate of drug-likeness (QED) is 0.736. The molecular formula is C10H11N5. The molecule has 0 bridgehead atoms. The Kier molecular flexibility index (Phi) is 1.96. The Bertz CT molecular complexity index is 480. The van der Waals surface area contributed by atoms with Crippen molar-refractivity contribution in [3.63, 3.8) is 0 Å². The molecule has 1 fully saturated rings. The molecule has 15 heavy (non-hydrogen) atoms. The summed E-state index contributed by atoms with van der Waals surface area (Å²) in [5.41, 5.74) is 1.52. The maximum atomic E-state index is 4.38. The maximum Gasteiger partial charge on any atom is 0.180 e. The predicted octanol–water partition coefficient (Wildman–Crippen LogP) is 0.408. The van der Waals surface area contributed by atoms with Crippen molar-refractivity contribution in [2.75, 3.05) is 18.4 Å². The largest absolute Gasteiger partial charge is 0.365 e. The molecule has 0 amide bonds. The van der Waals surface area contributed by atoms with E-state index >= 15 is 0 Å². The van der Waals surface area contributed by atoms with Crippen molar-refractivity contribution in [2.24, 2.45) is 0 Å². The number of pyridine rings is 1. The highest BCUT2D eigenvalue weighted by Crippen LogP contribution is 2.11. The zero-order valence-electron chi connectivity index (χ0n) is 8.14. The third-order valence-corrected chi connectivity index (χ3v) is 2.47. The van der Waals surface area contributed by atoms with Gasteiger partial charge in [-0.2, -0.15) is 0 Å². The van der Waals surface area contributed by atoms with Gasteiger partial charge in [-0.3, -0.25) is 4.98 Å². The van der Waals surface area contributed by atoms with E-state index in [0.29, 0.717) is 11.7 Å². The third kappa shape index (κ3) is 1.61. The number of rotatable bonds is 2. The molecule has 2 N–H and O–H groups in total. The highest BCUT2D eigenvalue weighted by atomic mass is 15.1. The summed E-state index contributed by atoms with van der Waals surface area (Å²) in [6.07, 6.45) is 3.33. The van der Waals surface area contributed by atoms with Gasteiger partial charge in [-0.05, 0) is 12.1 Å². The van der Waals surface area contributed by atoms with Crippen molar-refractivity contribution in [3.8, 4) is 0 Å². The first-order chi connectivity index (χ1) is 7.42. The lowest BCUT2D eigenvalue weighted by Crippen LogP contribution is -2.51. The Morgan fingerprint density at radius 1 is 1.20 bits per heavy atom. The number of hydrogen-bond acceptors (Lipinski definition) is 5. The summed E-state index contributed by atoms with van der Waals surface area (Å²) >= 11 is 0. The first kappa shape index (κ1) is 8.55. The van der Waals surface area contributed by atoms with E-state index in [4.69, 9.17) is 0 Å². The fourth-order valence-electron chi connectivity index (χ4n) is 1.53. The third-order valence-electron chi connectivity index (χ3n) is 2.47. The van der Waals surface area contributed by atoms with E-state index in [1.165, 1.54) is 0 Å². The SMILES string of the molecule is c1cnc2nc(NC3CNC3)ccc2n1. The highest BCUT2D eigenvalue weighted by Gasteiger charge is 2.16. The fourth-order valence-corrected chi connectivity index (χ4v) is 1.53. The minimum atomic E-state index is 0.492. The zero-order valence-corrected chi connectivity index (χ0v) is 8.14. The smallest absolute Gasteiger partial charge is 0.180 e. The summed E-state index contributed by atoms with van der Waals surface area (Å²) in [5.74, 6) is 0.870. The van der Waals surface area contributed by atoms with Crippen LogP contribution < -0.4 is 10.6 Å². The molecule has 2 aromatic heterocycles. The summed E-state index contributed by atoms with van der Waals surface area (Å²) in [5, 5.41) is 6.53. The zero-order chi connectivity index (χ0) is 10.1. The summed E-state index contributed by atoms with van der Waals surface area (Å²) < 4.78 is 0. The second kappa shape index (κ2) is 3.43. The lowest BCUT2D eigenvalue weighted by atomic mass is 10.2. The van der Waals surface area contributed by atoms with Gasteiger partial charge in [0.15, 0.2) is 5.65 Å². The molecule has 5 nitrogen and oxygen atoms in total. The summed E-state index contributed by atoms with van der Waals surface area (Å²) in [6, 6.07) is 4.37. The fraction of sp³-hybridized carbons (Fsp3) is 0.300. The number of hydrogen-bond donors (Lipinski definition) is 2. The second-order valence-corrected chi connectivity index (χ2v) is 3.60. The Hall–Kier alpha value is -1.75. The van der Waals surface area contributed by atoms with Gasteiger partial charge in [-0.1, -0.05) is 0 Å². The molecule has 2 aromatic rings. The lowest BCUT2D eigenvalue weighted by molar-refractivity contribution is 0.471. The second-order valence-electron chi connectivity index (χ2n) is 3.60. The summed E-state index contributed by atoms with van der Waals surface area (Å²) in [6.45, 7) is 2.00. The summed E-state index contributed by atoms with van der Waals surface area (Å²) in [7, 11) is 0. The number of fused-ring (bicyclic) bond motifs is 1. The Balaban J connectivity index is 1.91. The van der Waals surface area contributed by atoms with Gasteiger partial charge in [0.05, 0.1) is 6.04 Å². The highest BCUT2D eigenvalue weighted by molar-refractivity contribution is 5.71. The van der Waals surface area contributed by atoms with Crippen LogP contribution in [-0.4, -0.2) is 34.1 Å². The van der Waals surface area contributed by atoms with Crippen molar-refractivity contribution in [1.82, 2.24) is 20.3 Å². The van der Waals surface area contributed by atoms with E-state index in [0.717, 1.165) is 24.4 Å². The molecule has 0 spiro atoms. The van der Waals surface area contributed by atoms with Gasteiger partial charge in [0, 0.05) is 25.5 Å². The molecule has 0 saturated carbocycles. The van der Waals surface area contributed by atoms with Crippen LogP contribution in [0.25, 0.3) is 11.2 Å². The maximum absolute atomic E-state index is 4.38. The van der Waals surface area contributed by atoms with E-state index in [1.807, 2.05) is 12.1 Å². The average Bonchev–Trinajstić information content (AvgIpc) is 2.23. The molecule has 0 aliphatic carbocycles. The molecule has 1 saturated heterocycles. The summed E-state index contributed by atoms with van der Waals surface area (Å²) in [4.78, 5) is 12.7. The van der Waals surface area contributed by atoms with Crippen LogP contribution in [0.1, 0.15) is 0 Å². The normalized spacial score (nSPS) is 16.3. The van der Waals surface area contributed by atoms with Crippen molar-refractivity contribution in [1.29, 1.82) is 0 Å². The Labute approximate surface area is 87.0 Å². The minimum Gasteiger partial charge on any atom is -0.365 e. The van der Waals surface area contributed by atoms with Crippen LogP contribution in [-0.2, 0) is 0 Å². The van der Waals surface area contributed by atoms with Crippen LogP contribution in [0.15, 0.2) is 24.5 Å². The van der Waals surface area contributed by atoms with E-state index in [1.54, 1.807) is 12.4 Å². The monoisotopic (exact) mass is 201 g/mol. The van der Waals surface area contributed by atoms with Crippen LogP contribution in [0.2, 0.25) is 0 Å². The number of aromatic nitrogens is 3. The molecule has 1 aliphatic heterocycles. The van der Waals surface area contributed by atoms with Gasteiger partial charge in [-0.15, -0.1) is 0 Å². The molecule has 0 aromatic carbocycles. The molecule has 0 unspecified atom stereocenters. The standard InChI is InChI=1S/C10H11N5/c1-2-9(14-7-5-11-6-7)15-10-8(1)12-3-4-13-10/h1-4,7,11H,5-6H2,(H,13,14,15). The molecule has 0 radical (unpaired) electrons. The Morgan fingerprint density at radius 3 is 2.87 bits per heavy atom. The van der Waals surface area contributed by atoms with Crippen molar-refractivity contribution < 1.29 is 0 Å². The van der Waals surface area contributed by atoms with Crippen LogP contribution in [0.5, 0.6) is 0 Å².